The van der Waals surface area contributed by atoms with Crippen molar-refractivity contribution in [1.29, 1.82) is 0 Å². The van der Waals surface area contributed by atoms with Gasteiger partial charge in [0.25, 0.3) is 0 Å². The van der Waals surface area contributed by atoms with E-state index in [-0.39, 0.29) is 35.9 Å². The maximum absolute atomic E-state index is 12.8. The minimum absolute atomic E-state index is 0.0217. The van der Waals surface area contributed by atoms with Crippen molar-refractivity contribution in [3.63, 3.8) is 0 Å². The van der Waals surface area contributed by atoms with Gasteiger partial charge in [-0.2, -0.15) is 0 Å². The molecule has 4 rings (SSSR count). The largest absolute Gasteiger partial charge is 0.342 e. The molecule has 0 saturated carbocycles. The number of aromatic nitrogens is 2. The average molecular weight is 368 g/mol. The van der Waals surface area contributed by atoms with E-state index in [9.17, 15) is 14.4 Å². The van der Waals surface area contributed by atoms with Crippen molar-refractivity contribution < 1.29 is 9.59 Å². The van der Waals surface area contributed by atoms with Gasteiger partial charge in [0.15, 0.2) is 0 Å². The maximum atomic E-state index is 12.8. The molecule has 2 aliphatic heterocycles. The second-order valence-corrected chi connectivity index (χ2v) is 7.36. The van der Waals surface area contributed by atoms with Crippen molar-refractivity contribution in [2.45, 2.75) is 25.3 Å². The number of imidazole rings is 1. The van der Waals surface area contributed by atoms with Crippen molar-refractivity contribution in [2.75, 3.05) is 26.2 Å². The Kier molecular flexibility index (Phi) is 4.59. The fraction of sp³-hybridized carbons (Fsp3) is 0.450. The molecule has 1 aromatic heterocycles. The third-order valence-electron chi connectivity index (χ3n) is 5.68. The van der Waals surface area contributed by atoms with Crippen LogP contribution < -0.4 is 5.69 Å². The molecule has 0 bridgehead atoms. The lowest BCUT2D eigenvalue weighted by atomic mass is 10.0. The number of piperidine rings is 1. The summed E-state index contributed by atoms with van der Waals surface area (Å²) in [5, 5.41) is 0. The first-order valence-electron chi connectivity index (χ1n) is 9.45. The highest BCUT2D eigenvalue weighted by Crippen LogP contribution is 2.27. The van der Waals surface area contributed by atoms with Crippen LogP contribution in [0.25, 0.3) is 11.0 Å². The summed E-state index contributed by atoms with van der Waals surface area (Å²) in [5.41, 5.74) is 1.66. The van der Waals surface area contributed by atoms with E-state index in [1.807, 2.05) is 33.7 Å². The number of amides is 2. The molecule has 2 aliphatic rings. The van der Waals surface area contributed by atoms with Gasteiger partial charge >= 0.3 is 5.69 Å². The van der Waals surface area contributed by atoms with Gasteiger partial charge in [0.05, 0.1) is 17.0 Å². The zero-order chi connectivity index (χ0) is 19.0. The summed E-state index contributed by atoms with van der Waals surface area (Å²) in [6, 6.07) is 7.76. The third kappa shape index (κ3) is 3.18. The Bertz CT molecular complexity index is 936. The zero-order valence-corrected chi connectivity index (χ0v) is 15.3. The van der Waals surface area contributed by atoms with Gasteiger partial charge in [-0.25, -0.2) is 4.79 Å². The van der Waals surface area contributed by atoms with Crippen LogP contribution in [0, 0.1) is 5.92 Å². The van der Waals surface area contributed by atoms with Gasteiger partial charge in [-0.3, -0.25) is 14.2 Å². The first-order valence-corrected chi connectivity index (χ1v) is 9.45. The van der Waals surface area contributed by atoms with Gasteiger partial charge in [-0.1, -0.05) is 18.2 Å². The van der Waals surface area contributed by atoms with Crippen molar-refractivity contribution in [2.24, 2.45) is 5.92 Å². The highest BCUT2D eigenvalue weighted by atomic mass is 16.2. The number of aromatic amines is 1. The van der Waals surface area contributed by atoms with Crippen molar-refractivity contribution in [1.82, 2.24) is 19.4 Å². The summed E-state index contributed by atoms with van der Waals surface area (Å²) in [4.78, 5) is 43.6. The lowest BCUT2D eigenvalue weighted by Gasteiger charge is -2.34. The lowest BCUT2D eigenvalue weighted by molar-refractivity contribution is -0.137. The SMILES string of the molecule is C=CCN1CC(C(=O)N2CCC(n3c(=O)[nH]c4ccccc43)CC2)CC1=O. The van der Waals surface area contributed by atoms with Gasteiger partial charge in [0.2, 0.25) is 11.8 Å². The molecule has 7 heteroatoms. The van der Waals surface area contributed by atoms with Gasteiger partial charge in [-0.15, -0.1) is 6.58 Å². The predicted molar refractivity (Wildman–Crippen MR) is 102 cm³/mol. The number of carbonyl (C=O) groups excluding carboxylic acids is 2. The molecule has 1 N–H and O–H groups in total. The van der Waals surface area contributed by atoms with E-state index in [0.29, 0.717) is 26.2 Å². The molecule has 142 valence electrons. The molecule has 7 nitrogen and oxygen atoms in total. The molecule has 2 saturated heterocycles. The van der Waals surface area contributed by atoms with Crippen LogP contribution in [-0.2, 0) is 9.59 Å². The Morgan fingerprint density at radius 1 is 1.22 bits per heavy atom. The smallest absolute Gasteiger partial charge is 0.326 e. The number of carbonyl (C=O) groups is 2. The van der Waals surface area contributed by atoms with Crippen LogP contribution in [0.4, 0.5) is 0 Å². The van der Waals surface area contributed by atoms with E-state index in [4.69, 9.17) is 0 Å². The fourth-order valence-electron chi connectivity index (χ4n) is 4.31. The standard InChI is InChI=1S/C20H24N4O3/c1-2-9-23-13-14(12-18(23)25)19(26)22-10-7-15(8-11-22)24-17-6-4-3-5-16(17)21-20(24)27/h2-6,14-15H,1,7-13H2,(H,21,27). The Labute approximate surface area is 157 Å². The minimum atomic E-state index is -0.259. The minimum Gasteiger partial charge on any atom is -0.342 e. The monoisotopic (exact) mass is 368 g/mol. The van der Waals surface area contributed by atoms with Gasteiger partial charge in [0, 0.05) is 38.6 Å². The summed E-state index contributed by atoms with van der Waals surface area (Å²) >= 11 is 0. The first-order chi connectivity index (χ1) is 13.1. The molecule has 2 aromatic rings. The molecule has 0 aliphatic carbocycles. The Balaban J connectivity index is 1.42. The number of H-pyrrole nitrogens is 1. The molecule has 0 radical (unpaired) electrons. The molecule has 1 atom stereocenters. The normalized spacial score (nSPS) is 21.2. The number of para-hydroxylation sites is 2. The zero-order valence-electron chi connectivity index (χ0n) is 15.3. The number of likely N-dealkylation sites (tertiary alicyclic amines) is 2. The number of nitrogens with one attached hydrogen (secondary N) is 1. The summed E-state index contributed by atoms with van der Waals surface area (Å²) in [6.45, 7) is 5.86. The fourth-order valence-corrected chi connectivity index (χ4v) is 4.31. The van der Waals surface area contributed by atoms with Crippen LogP contribution in [0.5, 0.6) is 0 Å². The lowest BCUT2D eigenvalue weighted by Crippen LogP contribution is -2.43. The van der Waals surface area contributed by atoms with Crippen LogP contribution in [0.2, 0.25) is 0 Å². The van der Waals surface area contributed by atoms with Crippen molar-refractivity contribution >= 4 is 22.8 Å². The number of hydrogen-bond donors (Lipinski definition) is 1. The highest BCUT2D eigenvalue weighted by Gasteiger charge is 2.37. The number of rotatable bonds is 4. The average Bonchev–Trinajstić information content (AvgIpc) is 3.21. The first kappa shape index (κ1) is 17.6. The maximum Gasteiger partial charge on any atom is 0.326 e. The van der Waals surface area contributed by atoms with E-state index in [1.54, 1.807) is 11.0 Å². The van der Waals surface area contributed by atoms with E-state index in [0.717, 1.165) is 23.9 Å². The molecule has 0 spiro atoms. The summed E-state index contributed by atoms with van der Waals surface area (Å²) in [5.74, 6) is -0.182. The van der Waals surface area contributed by atoms with Crippen LogP contribution in [0.1, 0.15) is 25.3 Å². The van der Waals surface area contributed by atoms with E-state index < -0.39 is 0 Å². The van der Waals surface area contributed by atoms with Gasteiger partial charge < -0.3 is 14.8 Å². The number of nitrogens with zero attached hydrogens (tertiary/aromatic N) is 3. The highest BCUT2D eigenvalue weighted by molar-refractivity contribution is 5.89. The summed E-state index contributed by atoms with van der Waals surface area (Å²) < 4.78 is 1.82. The number of benzene rings is 1. The second-order valence-electron chi connectivity index (χ2n) is 7.36. The molecular weight excluding hydrogens is 344 g/mol. The van der Waals surface area contributed by atoms with E-state index in [2.05, 4.69) is 11.6 Å². The molecule has 3 heterocycles. The Morgan fingerprint density at radius 3 is 2.70 bits per heavy atom. The Morgan fingerprint density at radius 2 is 1.96 bits per heavy atom. The molecule has 1 aromatic carbocycles. The van der Waals surface area contributed by atoms with Crippen LogP contribution in [0.3, 0.4) is 0 Å². The summed E-state index contributed by atoms with van der Waals surface area (Å²) in [7, 11) is 0. The molecular formula is C20H24N4O3. The van der Waals surface area contributed by atoms with Gasteiger partial charge in [-0.05, 0) is 25.0 Å². The predicted octanol–water partition coefficient (Wildman–Crippen LogP) is 1.53. The number of hydrogen-bond acceptors (Lipinski definition) is 3. The third-order valence-corrected chi connectivity index (χ3v) is 5.68. The van der Waals surface area contributed by atoms with Crippen molar-refractivity contribution in [3.05, 3.63) is 47.4 Å². The Hall–Kier alpha value is -2.83. The van der Waals surface area contributed by atoms with Crippen LogP contribution >= 0.6 is 0 Å². The van der Waals surface area contributed by atoms with Crippen molar-refractivity contribution in [3.8, 4) is 0 Å². The number of fused-ring (bicyclic) bond motifs is 1. The molecule has 2 fully saturated rings. The second kappa shape index (κ2) is 7.06. The van der Waals surface area contributed by atoms with Gasteiger partial charge in [0.1, 0.15) is 0 Å². The summed E-state index contributed by atoms with van der Waals surface area (Å²) in [6.07, 6.45) is 3.46. The van der Waals surface area contributed by atoms with E-state index >= 15 is 0 Å². The quantitative estimate of drug-likeness (QED) is 0.832. The topological polar surface area (TPSA) is 78.4 Å². The van der Waals surface area contributed by atoms with E-state index in [1.165, 1.54) is 0 Å². The molecule has 2 amide bonds. The molecule has 27 heavy (non-hydrogen) atoms. The molecule has 1 unspecified atom stereocenters. The van der Waals surface area contributed by atoms with Crippen LogP contribution in [-0.4, -0.2) is 57.3 Å². The van der Waals surface area contributed by atoms with Crippen LogP contribution in [0.15, 0.2) is 41.7 Å².